The highest BCUT2D eigenvalue weighted by atomic mass is 16.6. The number of ether oxygens (including phenoxy) is 2. The van der Waals surface area contributed by atoms with Crippen LogP contribution in [0.5, 0.6) is 5.75 Å². The molecule has 0 atom stereocenters. The van der Waals surface area contributed by atoms with E-state index in [4.69, 9.17) is 9.47 Å². The number of hydrazone groups is 1. The molecule has 0 unspecified atom stereocenters. The molecule has 0 radical (unpaired) electrons. The van der Waals surface area contributed by atoms with E-state index in [0.717, 1.165) is 16.5 Å². The second-order valence-corrected chi connectivity index (χ2v) is 7.19. The number of rotatable bonds is 7. The third-order valence-corrected chi connectivity index (χ3v) is 5.06. The van der Waals surface area contributed by atoms with Gasteiger partial charge in [0.05, 0.1) is 24.4 Å². The van der Waals surface area contributed by atoms with Gasteiger partial charge in [0.2, 0.25) is 0 Å². The summed E-state index contributed by atoms with van der Waals surface area (Å²) in [6.45, 7) is 2.29. The van der Waals surface area contributed by atoms with Crippen molar-refractivity contribution in [3.8, 4) is 5.75 Å². The molecule has 3 aromatic carbocycles. The Labute approximate surface area is 184 Å². The van der Waals surface area contributed by atoms with Gasteiger partial charge in [-0.3, -0.25) is 14.9 Å². The predicted octanol–water partition coefficient (Wildman–Crippen LogP) is 3.11. The molecule has 0 spiro atoms. The number of carbonyl (C=O) groups is 1. The monoisotopic (exact) mass is 434 g/mol. The van der Waals surface area contributed by atoms with Crippen molar-refractivity contribution in [1.82, 2.24) is 5.43 Å². The first-order chi connectivity index (χ1) is 15.6. The molecule has 1 heterocycles. The normalized spacial score (nSPS) is 13.9. The molecule has 1 N–H and O–H groups in total. The molecule has 4 rings (SSSR count). The zero-order valence-corrected chi connectivity index (χ0v) is 17.3. The Balaban J connectivity index is 1.40. The number of non-ortho nitro benzene ring substituents is 1. The van der Waals surface area contributed by atoms with Gasteiger partial charge in [0.1, 0.15) is 5.75 Å². The Hall–Kier alpha value is -3.98. The standard InChI is InChI=1S/C23H22N4O5/c28-23(16-32-21-7-5-17-3-1-2-4-18(17)14-21)25-24-15-19-13-20(27(29)30)6-8-22(19)26-9-11-31-12-10-26/h1-8,13-15H,9-12,16H2,(H,25,28)/b24-15+. The molecule has 9 nitrogen and oxygen atoms in total. The van der Waals surface area contributed by atoms with Gasteiger partial charge < -0.3 is 14.4 Å². The fourth-order valence-corrected chi connectivity index (χ4v) is 3.46. The van der Waals surface area contributed by atoms with Crippen LogP contribution < -0.4 is 15.1 Å². The second kappa shape index (κ2) is 9.88. The van der Waals surface area contributed by atoms with Crippen molar-refractivity contribution in [1.29, 1.82) is 0 Å². The van der Waals surface area contributed by atoms with Crippen molar-refractivity contribution in [3.05, 3.63) is 76.3 Å². The van der Waals surface area contributed by atoms with Crippen LogP contribution in [0.3, 0.4) is 0 Å². The van der Waals surface area contributed by atoms with Crippen molar-refractivity contribution in [2.24, 2.45) is 5.10 Å². The molecule has 0 aliphatic carbocycles. The first-order valence-electron chi connectivity index (χ1n) is 10.1. The number of nitro groups is 1. The molecule has 3 aromatic rings. The van der Waals surface area contributed by atoms with E-state index in [1.807, 2.05) is 36.4 Å². The molecule has 0 bridgehead atoms. The zero-order valence-electron chi connectivity index (χ0n) is 17.3. The van der Waals surface area contributed by atoms with Crippen molar-refractivity contribution >= 4 is 34.3 Å². The van der Waals surface area contributed by atoms with Crippen LogP contribution >= 0.6 is 0 Å². The Morgan fingerprint density at radius 1 is 1.12 bits per heavy atom. The van der Waals surface area contributed by atoms with E-state index in [-0.39, 0.29) is 12.3 Å². The molecule has 164 valence electrons. The van der Waals surface area contributed by atoms with Gasteiger partial charge in [-0.2, -0.15) is 5.10 Å². The SMILES string of the molecule is O=C(COc1ccc2ccccc2c1)N/N=C/c1cc([N+](=O)[O-])ccc1N1CCOCC1. The van der Waals surface area contributed by atoms with Gasteiger partial charge in [0.25, 0.3) is 11.6 Å². The predicted molar refractivity (Wildman–Crippen MR) is 121 cm³/mol. The summed E-state index contributed by atoms with van der Waals surface area (Å²) in [5.41, 5.74) is 3.70. The molecule has 1 saturated heterocycles. The molecule has 1 amide bonds. The highest BCUT2D eigenvalue weighted by Crippen LogP contribution is 2.25. The average Bonchev–Trinajstić information content (AvgIpc) is 2.83. The van der Waals surface area contributed by atoms with Crippen LogP contribution in [-0.4, -0.2) is 50.0 Å². The minimum absolute atomic E-state index is 0.0468. The van der Waals surface area contributed by atoms with Crippen LogP contribution in [0.15, 0.2) is 65.8 Å². The van der Waals surface area contributed by atoms with Gasteiger partial charge in [-0.25, -0.2) is 5.43 Å². The molecule has 1 fully saturated rings. The first-order valence-corrected chi connectivity index (χ1v) is 10.1. The molecule has 0 aromatic heterocycles. The van der Waals surface area contributed by atoms with E-state index in [9.17, 15) is 14.9 Å². The third-order valence-electron chi connectivity index (χ3n) is 5.06. The summed E-state index contributed by atoms with van der Waals surface area (Å²) in [6, 6.07) is 18.0. The Morgan fingerprint density at radius 3 is 2.69 bits per heavy atom. The number of hydrogen-bond acceptors (Lipinski definition) is 7. The lowest BCUT2D eigenvalue weighted by Crippen LogP contribution is -2.36. The van der Waals surface area contributed by atoms with Gasteiger partial charge in [-0.15, -0.1) is 0 Å². The fourth-order valence-electron chi connectivity index (χ4n) is 3.46. The van der Waals surface area contributed by atoms with Crippen molar-refractivity contribution < 1.29 is 19.2 Å². The van der Waals surface area contributed by atoms with E-state index >= 15 is 0 Å². The Kier molecular flexibility index (Phi) is 6.57. The van der Waals surface area contributed by atoms with E-state index in [0.29, 0.717) is 37.6 Å². The summed E-state index contributed by atoms with van der Waals surface area (Å²) >= 11 is 0. The number of anilines is 1. The fraction of sp³-hybridized carbons (Fsp3) is 0.217. The highest BCUT2D eigenvalue weighted by molar-refractivity contribution is 5.90. The zero-order chi connectivity index (χ0) is 22.3. The number of fused-ring (bicyclic) bond motifs is 1. The highest BCUT2D eigenvalue weighted by Gasteiger charge is 2.17. The lowest BCUT2D eigenvalue weighted by molar-refractivity contribution is -0.384. The summed E-state index contributed by atoms with van der Waals surface area (Å²) in [7, 11) is 0. The van der Waals surface area contributed by atoms with E-state index in [2.05, 4.69) is 15.4 Å². The summed E-state index contributed by atoms with van der Waals surface area (Å²) in [4.78, 5) is 24.9. The molecular formula is C23H22N4O5. The van der Waals surface area contributed by atoms with Gasteiger partial charge in [-0.05, 0) is 29.0 Å². The molecule has 0 saturated carbocycles. The van der Waals surface area contributed by atoms with Crippen molar-refractivity contribution in [3.63, 3.8) is 0 Å². The second-order valence-electron chi connectivity index (χ2n) is 7.19. The summed E-state index contributed by atoms with van der Waals surface area (Å²) in [6.07, 6.45) is 1.41. The number of morpholine rings is 1. The number of nitrogens with zero attached hydrogens (tertiary/aromatic N) is 3. The van der Waals surface area contributed by atoms with Crippen LogP contribution in [0, 0.1) is 10.1 Å². The van der Waals surface area contributed by atoms with Gasteiger partial charge >= 0.3 is 0 Å². The van der Waals surface area contributed by atoms with Gasteiger partial charge in [0, 0.05) is 36.5 Å². The smallest absolute Gasteiger partial charge is 0.277 e. The quantitative estimate of drug-likeness (QED) is 0.348. The number of nitro benzene ring substituents is 1. The summed E-state index contributed by atoms with van der Waals surface area (Å²) in [5.74, 6) is 0.142. The molecule has 9 heteroatoms. The van der Waals surface area contributed by atoms with Crippen molar-refractivity contribution in [2.45, 2.75) is 0 Å². The minimum Gasteiger partial charge on any atom is -0.484 e. The van der Waals surface area contributed by atoms with Crippen molar-refractivity contribution in [2.75, 3.05) is 37.8 Å². The molecule has 1 aliphatic rings. The Bertz CT molecular complexity index is 1160. The van der Waals surface area contributed by atoms with E-state index in [1.165, 1.54) is 18.3 Å². The van der Waals surface area contributed by atoms with Crippen LogP contribution in [-0.2, 0) is 9.53 Å². The number of carbonyl (C=O) groups excluding carboxylic acids is 1. The topological polar surface area (TPSA) is 106 Å². The number of nitrogens with one attached hydrogen (secondary N) is 1. The molecule has 1 aliphatic heterocycles. The maximum Gasteiger partial charge on any atom is 0.277 e. The van der Waals surface area contributed by atoms with E-state index in [1.54, 1.807) is 12.1 Å². The molecular weight excluding hydrogens is 412 g/mol. The average molecular weight is 434 g/mol. The summed E-state index contributed by atoms with van der Waals surface area (Å²) in [5, 5.41) is 17.2. The maximum atomic E-state index is 12.1. The number of amides is 1. The first kappa shape index (κ1) is 21.3. The third kappa shape index (κ3) is 5.19. The minimum atomic E-state index is -0.462. The number of hydrogen-bond donors (Lipinski definition) is 1. The Morgan fingerprint density at radius 2 is 1.91 bits per heavy atom. The van der Waals surface area contributed by atoms with Crippen LogP contribution in [0.4, 0.5) is 11.4 Å². The summed E-state index contributed by atoms with van der Waals surface area (Å²) < 4.78 is 10.9. The van der Waals surface area contributed by atoms with E-state index < -0.39 is 10.8 Å². The van der Waals surface area contributed by atoms with Crippen LogP contribution in [0.25, 0.3) is 10.8 Å². The number of benzene rings is 3. The van der Waals surface area contributed by atoms with Crippen LogP contribution in [0.1, 0.15) is 5.56 Å². The van der Waals surface area contributed by atoms with Crippen LogP contribution in [0.2, 0.25) is 0 Å². The lowest BCUT2D eigenvalue weighted by Gasteiger charge is -2.29. The molecule has 32 heavy (non-hydrogen) atoms. The maximum absolute atomic E-state index is 12.1. The van der Waals surface area contributed by atoms with Gasteiger partial charge in [-0.1, -0.05) is 30.3 Å². The lowest BCUT2D eigenvalue weighted by atomic mass is 10.1. The largest absolute Gasteiger partial charge is 0.484 e. The van der Waals surface area contributed by atoms with Gasteiger partial charge in [0.15, 0.2) is 6.61 Å².